The lowest BCUT2D eigenvalue weighted by Gasteiger charge is -2.28. The highest BCUT2D eigenvalue weighted by molar-refractivity contribution is 6.29. The molecule has 31 heavy (non-hydrogen) atoms. The van der Waals surface area contributed by atoms with Gasteiger partial charge in [-0.3, -0.25) is 4.79 Å². The molecule has 1 saturated heterocycles. The summed E-state index contributed by atoms with van der Waals surface area (Å²) in [6.45, 7) is 8.61. The van der Waals surface area contributed by atoms with Gasteiger partial charge in [-0.25, -0.2) is 4.79 Å². The molecule has 0 radical (unpaired) electrons. The maximum absolute atomic E-state index is 13.2. The van der Waals surface area contributed by atoms with Crippen molar-refractivity contribution in [2.75, 3.05) is 25.5 Å². The van der Waals surface area contributed by atoms with Gasteiger partial charge >= 0.3 is 6.03 Å². The number of likely N-dealkylation sites (tertiary alicyclic amines) is 1. The molecule has 7 nitrogen and oxygen atoms in total. The van der Waals surface area contributed by atoms with E-state index in [1.807, 2.05) is 39.0 Å². The monoisotopic (exact) mass is 448 g/mol. The first kappa shape index (κ1) is 24.7. The van der Waals surface area contributed by atoms with Gasteiger partial charge in [0.2, 0.25) is 5.91 Å². The Balaban J connectivity index is 2.12. The van der Waals surface area contributed by atoms with Crippen LogP contribution in [-0.4, -0.2) is 53.1 Å². The summed E-state index contributed by atoms with van der Waals surface area (Å²) in [6.07, 6.45) is 10.3. The molecule has 2 heterocycles. The van der Waals surface area contributed by atoms with Crippen LogP contribution in [0.5, 0.6) is 0 Å². The van der Waals surface area contributed by atoms with E-state index in [0.717, 1.165) is 12.0 Å². The number of hydrogen-bond acceptors (Lipinski definition) is 4. The lowest BCUT2D eigenvalue weighted by Crippen LogP contribution is -2.48. The van der Waals surface area contributed by atoms with Crippen LogP contribution >= 0.6 is 11.6 Å². The van der Waals surface area contributed by atoms with E-state index >= 15 is 0 Å². The van der Waals surface area contributed by atoms with E-state index in [4.69, 9.17) is 16.1 Å². The highest BCUT2D eigenvalue weighted by atomic mass is 35.5. The van der Waals surface area contributed by atoms with Crippen molar-refractivity contribution in [2.24, 2.45) is 0 Å². The highest BCUT2D eigenvalue weighted by Gasteiger charge is 2.36. The van der Waals surface area contributed by atoms with E-state index < -0.39 is 6.04 Å². The SMILES string of the molecule is C\C=C/C(=C\C=C(/C)Cl)CN(C)C(=O)[C@H]1CCCN1C(=O)Nc1c(CC)noc1CC. The molecule has 0 unspecified atom stereocenters. The van der Waals surface area contributed by atoms with Gasteiger partial charge in [0.25, 0.3) is 0 Å². The summed E-state index contributed by atoms with van der Waals surface area (Å²) in [7, 11) is 1.76. The number of likely N-dealkylation sites (N-methyl/N-ethyl adjacent to an activating group) is 1. The quantitative estimate of drug-likeness (QED) is 0.573. The smallest absolute Gasteiger partial charge is 0.322 e. The first-order valence-corrected chi connectivity index (χ1v) is 11.2. The Labute approximate surface area is 189 Å². The third kappa shape index (κ3) is 6.47. The molecular formula is C23H33ClN4O3. The first-order chi connectivity index (χ1) is 14.8. The van der Waals surface area contributed by atoms with Gasteiger partial charge in [-0.05, 0) is 44.8 Å². The number of nitrogens with one attached hydrogen (secondary N) is 1. The average molecular weight is 449 g/mol. The Morgan fingerprint density at radius 2 is 2.06 bits per heavy atom. The molecule has 1 atom stereocenters. The number of carbonyl (C=O) groups excluding carboxylic acids is 2. The van der Waals surface area contributed by atoms with Gasteiger partial charge in [0.1, 0.15) is 17.4 Å². The van der Waals surface area contributed by atoms with Gasteiger partial charge in [-0.15, -0.1) is 0 Å². The zero-order valence-electron chi connectivity index (χ0n) is 19.1. The molecule has 0 aliphatic carbocycles. The number of hydrogen-bond donors (Lipinski definition) is 1. The summed E-state index contributed by atoms with van der Waals surface area (Å²) in [5.74, 6) is 0.569. The molecule has 3 amide bonds. The lowest BCUT2D eigenvalue weighted by atomic mass is 10.1. The number of allylic oxidation sites excluding steroid dienone is 4. The summed E-state index contributed by atoms with van der Waals surface area (Å²) >= 11 is 5.93. The molecule has 0 spiro atoms. The van der Waals surface area contributed by atoms with Crippen LogP contribution in [0.25, 0.3) is 0 Å². The Kier molecular flexibility index (Phi) is 9.37. The number of halogens is 1. The van der Waals surface area contributed by atoms with Crippen LogP contribution in [0, 0.1) is 0 Å². The number of rotatable bonds is 8. The minimum absolute atomic E-state index is 0.0774. The van der Waals surface area contributed by atoms with Crippen molar-refractivity contribution in [3.63, 3.8) is 0 Å². The van der Waals surface area contributed by atoms with Gasteiger partial charge in [0.05, 0.1) is 0 Å². The summed E-state index contributed by atoms with van der Waals surface area (Å²) in [5.41, 5.74) is 2.30. The standard InChI is InChI=1S/C23H33ClN4O3/c1-6-10-17(13-12-16(4)24)15-27(5)22(29)19-11-9-14-28(19)23(30)25-21-18(7-2)26-31-20(21)8-3/h6,10,12-13,19H,7-9,11,14-15H2,1-5H3,(H,25,30)/b10-6-,16-12+,17-13+/t19-/m1/s1. The molecule has 1 aliphatic heterocycles. The third-order valence-corrected chi connectivity index (χ3v) is 5.35. The third-order valence-electron chi connectivity index (χ3n) is 5.22. The number of amides is 3. The molecule has 0 bridgehead atoms. The van der Waals surface area contributed by atoms with Gasteiger partial charge in [0.15, 0.2) is 5.76 Å². The van der Waals surface area contributed by atoms with E-state index in [2.05, 4.69) is 10.5 Å². The molecule has 1 N–H and O–H groups in total. The Hall–Kier alpha value is -2.54. The minimum Gasteiger partial charge on any atom is -0.359 e. The fourth-order valence-electron chi connectivity index (χ4n) is 3.64. The number of aryl methyl sites for hydroxylation is 2. The van der Waals surface area contributed by atoms with Crippen molar-refractivity contribution in [2.45, 2.75) is 59.4 Å². The Morgan fingerprint density at radius 1 is 1.32 bits per heavy atom. The van der Waals surface area contributed by atoms with Crippen molar-refractivity contribution in [3.05, 3.63) is 46.4 Å². The van der Waals surface area contributed by atoms with Crippen LogP contribution in [0.1, 0.15) is 52.0 Å². The van der Waals surface area contributed by atoms with E-state index in [9.17, 15) is 9.59 Å². The maximum Gasteiger partial charge on any atom is 0.322 e. The summed E-state index contributed by atoms with van der Waals surface area (Å²) in [4.78, 5) is 29.5. The molecule has 0 saturated carbocycles. The normalized spacial score (nSPS) is 17.5. The largest absolute Gasteiger partial charge is 0.359 e. The van der Waals surface area contributed by atoms with E-state index in [0.29, 0.717) is 54.5 Å². The molecule has 0 aromatic carbocycles. The second-order valence-corrected chi connectivity index (χ2v) is 8.20. The van der Waals surface area contributed by atoms with Crippen molar-refractivity contribution in [1.82, 2.24) is 15.0 Å². The minimum atomic E-state index is -0.489. The predicted octanol–water partition coefficient (Wildman–Crippen LogP) is 4.90. The van der Waals surface area contributed by atoms with E-state index in [1.54, 1.807) is 29.8 Å². The van der Waals surface area contributed by atoms with Crippen molar-refractivity contribution in [1.29, 1.82) is 0 Å². The zero-order valence-corrected chi connectivity index (χ0v) is 19.8. The van der Waals surface area contributed by atoms with E-state index in [-0.39, 0.29) is 11.9 Å². The summed E-state index contributed by atoms with van der Waals surface area (Å²) < 4.78 is 5.33. The second kappa shape index (κ2) is 11.7. The molecule has 1 aromatic heterocycles. The van der Waals surface area contributed by atoms with Gasteiger partial charge < -0.3 is 19.6 Å². The molecule has 2 rings (SSSR count). The number of urea groups is 1. The fourth-order valence-corrected chi connectivity index (χ4v) is 3.70. The fraction of sp³-hybridized carbons (Fsp3) is 0.522. The molecule has 1 aromatic rings. The molecule has 8 heteroatoms. The van der Waals surface area contributed by atoms with Crippen molar-refractivity contribution in [3.8, 4) is 0 Å². The highest BCUT2D eigenvalue weighted by Crippen LogP contribution is 2.25. The topological polar surface area (TPSA) is 78.7 Å². The summed E-state index contributed by atoms with van der Waals surface area (Å²) in [6, 6.07) is -0.779. The number of nitrogens with zero attached hydrogens (tertiary/aromatic N) is 3. The molecular weight excluding hydrogens is 416 g/mol. The van der Waals surface area contributed by atoms with Crippen molar-refractivity contribution < 1.29 is 14.1 Å². The van der Waals surface area contributed by atoms with Crippen LogP contribution in [0.15, 0.2) is 39.4 Å². The van der Waals surface area contributed by atoms with Crippen LogP contribution in [0.2, 0.25) is 0 Å². The first-order valence-electron chi connectivity index (χ1n) is 10.8. The van der Waals surface area contributed by atoms with Gasteiger partial charge in [-0.2, -0.15) is 0 Å². The summed E-state index contributed by atoms with van der Waals surface area (Å²) in [5, 5.41) is 7.64. The zero-order chi connectivity index (χ0) is 23.0. The second-order valence-electron chi connectivity index (χ2n) is 7.61. The maximum atomic E-state index is 13.2. The number of aromatic nitrogens is 1. The molecule has 1 fully saturated rings. The molecule has 1 aliphatic rings. The Bertz CT molecular complexity index is 847. The van der Waals surface area contributed by atoms with Gasteiger partial charge in [-0.1, -0.05) is 48.8 Å². The predicted molar refractivity (Wildman–Crippen MR) is 124 cm³/mol. The average Bonchev–Trinajstić information content (AvgIpc) is 3.38. The van der Waals surface area contributed by atoms with Crippen LogP contribution in [0.3, 0.4) is 0 Å². The van der Waals surface area contributed by atoms with Crippen molar-refractivity contribution >= 4 is 29.2 Å². The van der Waals surface area contributed by atoms with Crippen LogP contribution in [-0.2, 0) is 17.6 Å². The lowest BCUT2D eigenvalue weighted by molar-refractivity contribution is -0.133. The Morgan fingerprint density at radius 3 is 2.68 bits per heavy atom. The number of carbonyl (C=O) groups is 2. The van der Waals surface area contributed by atoms with Gasteiger partial charge in [0, 0.05) is 31.6 Å². The van der Waals surface area contributed by atoms with Crippen LogP contribution < -0.4 is 5.32 Å². The van der Waals surface area contributed by atoms with E-state index in [1.165, 1.54) is 0 Å². The van der Waals surface area contributed by atoms with Crippen LogP contribution in [0.4, 0.5) is 10.5 Å². The molecule has 170 valence electrons. The number of anilines is 1.